The minimum atomic E-state index is -0.468. The molecule has 8 heteroatoms. The van der Waals surface area contributed by atoms with Gasteiger partial charge in [0.2, 0.25) is 11.8 Å². The van der Waals surface area contributed by atoms with E-state index >= 15 is 0 Å². The van der Waals surface area contributed by atoms with Crippen LogP contribution in [0.25, 0.3) is 0 Å². The molecule has 3 N–H and O–H groups in total. The summed E-state index contributed by atoms with van der Waals surface area (Å²) in [5, 5.41) is 8.70. The second-order valence-corrected chi connectivity index (χ2v) is 7.98. The molecule has 0 aliphatic carbocycles. The summed E-state index contributed by atoms with van der Waals surface area (Å²) in [7, 11) is 0. The van der Waals surface area contributed by atoms with Gasteiger partial charge in [-0.05, 0) is 43.2 Å². The van der Waals surface area contributed by atoms with Crippen molar-refractivity contribution in [3.8, 4) is 0 Å². The van der Waals surface area contributed by atoms with Gasteiger partial charge in [-0.25, -0.2) is 4.39 Å². The van der Waals surface area contributed by atoms with Crippen LogP contribution in [0.2, 0.25) is 0 Å². The van der Waals surface area contributed by atoms with E-state index in [4.69, 9.17) is 0 Å². The largest absolute Gasteiger partial charge is 0.353 e. The summed E-state index contributed by atoms with van der Waals surface area (Å²) in [6, 6.07) is 14.3. The zero-order valence-electron chi connectivity index (χ0n) is 17.0. The van der Waals surface area contributed by atoms with Crippen molar-refractivity contribution in [2.24, 2.45) is 0 Å². The van der Waals surface area contributed by atoms with Crippen molar-refractivity contribution >= 4 is 23.4 Å². The molecule has 0 saturated carbocycles. The lowest BCUT2D eigenvalue weighted by molar-refractivity contribution is -0.129. The van der Waals surface area contributed by atoms with Crippen LogP contribution in [0.3, 0.4) is 0 Å². The predicted octanol–water partition coefficient (Wildman–Crippen LogP) is 1.92. The van der Waals surface area contributed by atoms with Crippen LogP contribution in [-0.4, -0.2) is 53.8 Å². The molecular weight excluding hydrogens is 399 g/mol. The Morgan fingerprint density at radius 3 is 2.71 bits per heavy atom. The monoisotopic (exact) mass is 424 g/mol. The number of hydrogen-bond donors (Lipinski definition) is 3. The molecule has 0 bridgehead atoms. The van der Waals surface area contributed by atoms with Gasteiger partial charge in [0.1, 0.15) is 5.82 Å². The molecule has 2 fully saturated rings. The topological polar surface area (TPSA) is 90.5 Å². The molecule has 2 heterocycles. The van der Waals surface area contributed by atoms with E-state index in [1.807, 2.05) is 30.3 Å². The van der Waals surface area contributed by atoms with Crippen LogP contribution in [-0.2, 0) is 9.59 Å². The van der Waals surface area contributed by atoms with E-state index in [9.17, 15) is 18.8 Å². The Bertz CT molecular complexity index is 968. The lowest BCUT2D eigenvalue weighted by atomic mass is 10.0. The maximum Gasteiger partial charge on any atom is 0.251 e. The number of nitrogens with zero attached hydrogens (tertiary/aromatic N) is 1. The molecule has 4 rings (SSSR count). The number of para-hydroxylation sites is 1. The molecule has 2 aromatic carbocycles. The fourth-order valence-corrected chi connectivity index (χ4v) is 4.29. The maximum atomic E-state index is 13.4. The lowest BCUT2D eigenvalue weighted by Crippen LogP contribution is -2.57. The number of carbonyl (C=O) groups is 3. The van der Waals surface area contributed by atoms with Crippen molar-refractivity contribution in [1.82, 2.24) is 15.5 Å². The van der Waals surface area contributed by atoms with Crippen molar-refractivity contribution in [2.75, 3.05) is 18.4 Å². The second kappa shape index (κ2) is 9.26. The quantitative estimate of drug-likeness (QED) is 0.661. The number of nitrogens with one attached hydrogen (secondary N) is 3. The van der Waals surface area contributed by atoms with Crippen LogP contribution >= 0.6 is 0 Å². The van der Waals surface area contributed by atoms with Crippen LogP contribution in [0.4, 0.5) is 10.1 Å². The van der Waals surface area contributed by atoms with Crippen LogP contribution in [0.1, 0.15) is 29.6 Å². The maximum absolute atomic E-state index is 13.4. The molecule has 3 amide bonds. The van der Waals surface area contributed by atoms with Crippen molar-refractivity contribution in [1.29, 1.82) is 0 Å². The summed E-state index contributed by atoms with van der Waals surface area (Å²) in [6.45, 7) is 0.989. The Morgan fingerprint density at radius 1 is 1.13 bits per heavy atom. The molecule has 2 aliphatic heterocycles. The number of amides is 3. The SMILES string of the molecule is O=C(CC[C@@H]1CNC(=O)[C@@H]2C[C@H](NC(=O)c3cccc(F)c3)CN12)Nc1ccccc1. The van der Waals surface area contributed by atoms with Gasteiger partial charge in [0.15, 0.2) is 0 Å². The van der Waals surface area contributed by atoms with Crippen molar-refractivity contribution in [3.63, 3.8) is 0 Å². The summed E-state index contributed by atoms with van der Waals surface area (Å²) in [4.78, 5) is 39.2. The molecule has 3 atom stereocenters. The lowest BCUT2D eigenvalue weighted by Gasteiger charge is -2.37. The third kappa shape index (κ3) is 5.08. The molecule has 0 spiro atoms. The van der Waals surface area contributed by atoms with Gasteiger partial charge >= 0.3 is 0 Å². The molecule has 2 aliphatic rings. The number of anilines is 1. The minimum absolute atomic E-state index is 0.0142. The van der Waals surface area contributed by atoms with E-state index < -0.39 is 5.82 Å². The highest BCUT2D eigenvalue weighted by atomic mass is 19.1. The zero-order chi connectivity index (χ0) is 21.8. The fraction of sp³-hybridized carbons (Fsp3) is 0.348. The molecule has 31 heavy (non-hydrogen) atoms. The van der Waals surface area contributed by atoms with Crippen molar-refractivity contribution < 1.29 is 18.8 Å². The van der Waals surface area contributed by atoms with E-state index in [0.29, 0.717) is 32.4 Å². The van der Waals surface area contributed by atoms with Crippen molar-refractivity contribution in [3.05, 3.63) is 66.0 Å². The van der Waals surface area contributed by atoms with Gasteiger partial charge in [-0.15, -0.1) is 0 Å². The van der Waals surface area contributed by atoms with Gasteiger partial charge < -0.3 is 16.0 Å². The van der Waals surface area contributed by atoms with E-state index in [2.05, 4.69) is 20.9 Å². The van der Waals surface area contributed by atoms with E-state index in [1.54, 1.807) is 6.07 Å². The molecule has 0 aromatic heterocycles. The molecule has 2 aromatic rings. The third-order valence-electron chi connectivity index (χ3n) is 5.81. The standard InChI is InChI=1S/C23H25FN4O3/c24-16-6-4-5-15(11-16)22(30)27-18-12-20-23(31)25-13-19(28(20)14-18)9-10-21(29)26-17-7-2-1-3-8-17/h1-8,11,18-20H,9-10,12-14H2,(H,25,31)(H,26,29)(H,27,30)/t18-,19+,20-/m0/s1. The molecular formula is C23H25FN4O3. The minimum Gasteiger partial charge on any atom is -0.353 e. The van der Waals surface area contributed by atoms with Gasteiger partial charge in [0, 0.05) is 42.8 Å². The average Bonchev–Trinajstić information content (AvgIpc) is 3.18. The molecule has 0 unspecified atom stereocenters. The first-order valence-corrected chi connectivity index (χ1v) is 10.4. The van der Waals surface area contributed by atoms with Gasteiger partial charge in [0.05, 0.1) is 6.04 Å². The third-order valence-corrected chi connectivity index (χ3v) is 5.81. The first-order valence-electron chi connectivity index (χ1n) is 10.4. The Morgan fingerprint density at radius 2 is 1.94 bits per heavy atom. The smallest absolute Gasteiger partial charge is 0.251 e. The van der Waals surface area contributed by atoms with E-state index in [0.717, 1.165) is 5.69 Å². The van der Waals surface area contributed by atoms with Crippen LogP contribution in [0.15, 0.2) is 54.6 Å². The van der Waals surface area contributed by atoms with Crippen LogP contribution in [0.5, 0.6) is 0 Å². The Hall–Kier alpha value is -3.26. The number of carbonyl (C=O) groups excluding carboxylic acids is 3. The highest BCUT2D eigenvalue weighted by molar-refractivity contribution is 5.94. The number of halogens is 1. The number of piperazine rings is 1. The summed E-state index contributed by atoms with van der Waals surface area (Å²) >= 11 is 0. The fourth-order valence-electron chi connectivity index (χ4n) is 4.29. The van der Waals surface area contributed by atoms with Gasteiger partial charge in [-0.2, -0.15) is 0 Å². The zero-order valence-corrected chi connectivity index (χ0v) is 17.0. The van der Waals surface area contributed by atoms with Crippen LogP contribution in [0, 0.1) is 5.82 Å². The average molecular weight is 424 g/mol. The molecule has 7 nitrogen and oxygen atoms in total. The van der Waals surface area contributed by atoms with Crippen molar-refractivity contribution in [2.45, 2.75) is 37.4 Å². The molecule has 162 valence electrons. The number of fused-ring (bicyclic) bond motifs is 1. The highest BCUT2D eigenvalue weighted by Crippen LogP contribution is 2.26. The normalized spacial score (nSPS) is 23.0. The van der Waals surface area contributed by atoms with Gasteiger partial charge in [-0.3, -0.25) is 19.3 Å². The number of hydrogen-bond acceptors (Lipinski definition) is 4. The summed E-state index contributed by atoms with van der Waals surface area (Å²) in [5.74, 6) is -0.962. The van der Waals surface area contributed by atoms with Gasteiger partial charge in [0.25, 0.3) is 5.91 Å². The first-order chi connectivity index (χ1) is 15.0. The molecule has 0 radical (unpaired) electrons. The van der Waals surface area contributed by atoms with Gasteiger partial charge in [-0.1, -0.05) is 24.3 Å². The summed E-state index contributed by atoms with van der Waals surface area (Å²) in [6.07, 6.45) is 1.42. The Kier molecular flexibility index (Phi) is 6.27. The van der Waals surface area contributed by atoms with Crippen LogP contribution < -0.4 is 16.0 Å². The second-order valence-electron chi connectivity index (χ2n) is 7.98. The van der Waals surface area contributed by atoms with E-state index in [1.165, 1.54) is 18.2 Å². The van der Waals surface area contributed by atoms with E-state index in [-0.39, 0.29) is 41.4 Å². The number of rotatable bonds is 6. The molecule has 2 saturated heterocycles. The Labute approximate surface area is 180 Å². The number of benzene rings is 2. The summed E-state index contributed by atoms with van der Waals surface area (Å²) in [5.41, 5.74) is 1.01. The highest BCUT2D eigenvalue weighted by Gasteiger charge is 2.43. The summed E-state index contributed by atoms with van der Waals surface area (Å²) < 4.78 is 13.4. The first kappa shape index (κ1) is 21.0. The Balaban J connectivity index is 1.33. The predicted molar refractivity (Wildman–Crippen MR) is 114 cm³/mol.